The zero-order chi connectivity index (χ0) is 28.9. The van der Waals surface area contributed by atoms with Crippen LogP contribution >= 0.6 is 0 Å². The molecule has 0 radical (unpaired) electrons. The predicted octanol–water partition coefficient (Wildman–Crippen LogP) is 8.89. The molecule has 0 aromatic heterocycles. The van der Waals surface area contributed by atoms with Crippen molar-refractivity contribution >= 4 is 10.8 Å². The molecular weight excluding hydrogens is 512 g/mol. The molecule has 41 heavy (non-hydrogen) atoms. The van der Waals surface area contributed by atoms with E-state index in [0.717, 1.165) is 46.2 Å². The van der Waals surface area contributed by atoms with Crippen LogP contribution in [-0.4, -0.2) is 33.5 Å². The molecule has 2 aliphatic carbocycles. The predicted molar refractivity (Wildman–Crippen MR) is 165 cm³/mol. The molecule has 6 rings (SSSR count). The first kappa shape index (κ1) is 27.3. The van der Waals surface area contributed by atoms with Crippen molar-refractivity contribution in [2.75, 3.05) is 28.4 Å². The van der Waals surface area contributed by atoms with Crippen molar-refractivity contribution in [3.8, 4) is 51.0 Å². The molecule has 0 aliphatic heterocycles. The fourth-order valence-corrected chi connectivity index (χ4v) is 7.61. The van der Waals surface area contributed by atoms with Gasteiger partial charge < -0.3 is 24.1 Å². The van der Waals surface area contributed by atoms with Crippen molar-refractivity contribution in [2.45, 2.75) is 57.8 Å². The Morgan fingerprint density at radius 1 is 0.610 bits per heavy atom. The number of aromatic hydroxyl groups is 1. The van der Waals surface area contributed by atoms with Crippen LogP contribution in [0.25, 0.3) is 33.0 Å². The molecular formula is C36H40O5. The molecule has 5 nitrogen and oxygen atoms in total. The number of rotatable bonds is 7. The van der Waals surface area contributed by atoms with Crippen LogP contribution in [0.1, 0.15) is 63.5 Å². The van der Waals surface area contributed by atoms with Crippen LogP contribution in [0.2, 0.25) is 0 Å². The number of hydrogen-bond acceptors (Lipinski definition) is 5. The summed E-state index contributed by atoms with van der Waals surface area (Å²) in [6.07, 6.45) is 6.86. The fourth-order valence-electron chi connectivity index (χ4n) is 7.61. The lowest BCUT2D eigenvalue weighted by Gasteiger charge is -2.45. The third-order valence-corrected chi connectivity index (χ3v) is 10.3. The van der Waals surface area contributed by atoms with Gasteiger partial charge in [0.2, 0.25) is 0 Å². The van der Waals surface area contributed by atoms with Crippen LogP contribution in [0.3, 0.4) is 0 Å². The maximum atomic E-state index is 11.6. The number of methoxy groups -OCH3 is 4. The summed E-state index contributed by atoms with van der Waals surface area (Å²) in [5, 5.41) is 13.3. The molecule has 0 heterocycles. The summed E-state index contributed by atoms with van der Waals surface area (Å²) in [5.74, 6) is 3.25. The largest absolute Gasteiger partial charge is 0.507 e. The number of benzene rings is 4. The molecule has 1 fully saturated rings. The SMILES string of the molecule is CCC1(CC)CCC2(CC1)c1cc(OC)ccc1-c1c2cc(O)c2cc(OC)c(-c3ccc(OC)cc3OC)cc12. The van der Waals surface area contributed by atoms with Crippen molar-refractivity contribution in [1.29, 1.82) is 0 Å². The van der Waals surface area contributed by atoms with E-state index in [1.165, 1.54) is 47.9 Å². The van der Waals surface area contributed by atoms with Gasteiger partial charge in [-0.05, 0) is 101 Å². The van der Waals surface area contributed by atoms with E-state index in [4.69, 9.17) is 18.9 Å². The molecule has 0 amide bonds. The van der Waals surface area contributed by atoms with Crippen molar-refractivity contribution in [1.82, 2.24) is 0 Å². The van der Waals surface area contributed by atoms with Gasteiger partial charge in [-0.15, -0.1) is 0 Å². The third-order valence-electron chi connectivity index (χ3n) is 10.3. The van der Waals surface area contributed by atoms with Crippen LogP contribution in [-0.2, 0) is 5.41 Å². The van der Waals surface area contributed by atoms with Gasteiger partial charge in [0.1, 0.15) is 28.7 Å². The van der Waals surface area contributed by atoms with Crippen molar-refractivity contribution in [3.63, 3.8) is 0 Å². The zero-order valence-corrected chi connectivity index (χ0v) is 25.0. The van der Waals surface area contributed by atoms with Crippen LogP contribution in [0.4, 0.5) is 0 Å². The average Bonchev–Trinajstić information content (AvgIpc) is 3.28. The minimum absolute atomic E-state index is 0.156. The lowest BCUT2D eigenvalue weighted by molar-refractivity contribution is 0.133. The van der Waals surface area contributed by atoms with E-state index >= 15 is 0 Å². The number of fused-ring (bicyclic) bond motifs is 7. The normalized spacial score (nSPS) is 16.3. The number of phenolic OH excluding ortho intramolecular Hbond substituents is 1. The molecule has 214 valence electrons. The summed E-state index contributed by atoms with van der Waals surface area (Å²) in [4.78, 5) is 0. The first-order chi connectivity index (χ1) is 19.9. The Morgan fingerprint density at radius 2 is 1.22 bits per heavy atom. The Morgan fingerprint density at radius 3 is 1.83 bits per heavy atom. The highest BCUT2D eigenvalue weighted by molar-refractivity contribution is 6.08. The highest BCUT2D eigenvalue weighted by atomic mass is 16.5. The van der Waals surface area contributed by atoms with E-state index in [1.807, 2.05) is 30.3 Å². The summed E-state index contributed by atoms with van der Waals surface area (Å²) in [6, 6.07) is 18.5. The van der Waals surface area contributed by atoms with Crippen LogP contribution in [0, 0.1) is 5.41 Å². The van der Waals surface area contributed by atoms with Gasteiger partial charge >= 0.3 is 0 Å². The Bertz CT molecular complexity index is 1620. The number of phenols is 1. The average molecular weight is 553 g/mol. The monoisotopic (exact) mass is 552 g/mol. The molecule has 0 atom stereocenters. The minimum Gasteiger partial charge on any atom is -0.507 e. The summed E-state index contributed by atoms with van der Waals surface area (Å²) in [7, 11) is 6.71. The van der Waals surface area contributed by atoms with Crippen LogP contribution in [0.15, 0.2) is 54.6 Å². The summed E-state index contributed by atoms with van der Waals surface area (Å²) >= 11 is 0. The zero-order valence-electron chi connectivity index (χ0n) is 25.0. The molecule has 1 saturated carbocycles. The molecule has 0 unspecified atom stereocenters. The maximum absolute atomic E-state index is 11.6. The first-order valence-corrected chi connectivity index (χ1v) is 14.7. The lowest BCUT2D eigenvalue weighted by atomic mass is 9.58. The van der Waals surface area contributed by atoms with Crippen LogP contribution < -0.4 is 18.9 Å². The van der Waals surface area contributed by atoms with Crippen molar-refractivity contribution in [3.05, 3.63) is 65.7 Å². The van der Waals surface area contributed by atoms with E-state index in [1.54, 1.807) is 28.4 Å². The van der Waals surface area contributed by atoms with Gasteiger partial charge in [0.25, 0.3) is 0 Å². The Hall–Kier alpha value is -3.86. The highest BCUT2D eigenvalue weighted by Gasteiger charge is 2.49. The van der Waals surface area contributed by atoms with Gasteiger partial charge in [-0.2, -0.15) is 0 Å². The lowest BCUT2D eigenvalue weighted by Crippen LogP contribution is -2.36. The van der Waals surface area contributed by atoms with Gasteiger partial charge in [-0.25, -0.2) is 0 Å². The molecule has 0 bridgehead atoms. The van der Waals surface area contributed by atoms with E-state index in [-0.39, 0.29) is 11.2 Å². The second kappa shape index (κ2) is 10.2. The summed E-state index contributed by atoms with van der Waals surface area (Å²) in [5.41, 5.74) is 7.01. The fraction of sp³-hybridized carbons (Fsp3) is 0.389. The Labute approximate surface area is 243 Å². The topological polar surface area (TPSA) is 57.2 Å². The smallest absolute Gasteiger partial charge is 0.130 e. The van der Waals surface area contributed by atoms with Crippen molar-refractivity contribution in [2.24, 2.45) is 5.41 Å². The highest BCUT2D eigenvalue weighted by Crippen LogP contribution is 2.62. The van der Waals surface area contributed by atoms with E-state index in [2.05, 4.69) is 38.1 Å². The van der Waals surface area contributed by atoms with E-state index in [0.29, 0.717) is 16.9 Å². The molecule has 4 aromatic rings. The Kier molecular flexibility index (Phi) is 6.80. The summed E-state index contributed by atoms with van der Waals surface area (Å²) < 4.78 is 22.8. The van der Waals surface area contributed by atoms with Crippen molar-refractivity contribution < 1.29 is 24.1 Å². The van der Waals surface area contributed by atoms with Gasteiger partial charge in [-0.1, -0.05) is 32.8 Å². The van der Waals surface area contributed by atoms with E-state index < -0.39 is 0 Å². The molecule has 0 saturated heterocycles. The minimum atomic E-state index is -0.156. The second-order valence-electron chi connectivity index (χ2n) is 11.7. The van der Waals surface area contributed by atoms with Gasteiger partial charge in [0.15, 0.2) is 0 Å². The Balaban J connectivity index is 1.64. The molecule has 1 spiro atoms. The molecule has 1 N–H and O–H groups in total. The standard InChI is InChI=1S/C36H40O5/c1-7-35(8-2)13-15-36(16-14-35)29-17-22(38-3)10-12-25(29)34-28-19-27(24-11-9-23(39-4)18-32(24)40-5)33(41-6)20-26(28)31(37)21-30(34)36/h9-12,17-21,37H,7-8,13-16H2,1-6H3. The number of hydrogen-bond donors (Lipinski definition) is 1. The van der Waals surface area contributed by atoms with Crippen LogP contribution in [0.5, 0.6) is 28.7 Å². The van der Waals surface area contributed by atoms with E-state index in [9.17, 15) is 5.11 Å². The van der Waals surface area contributed by atoms with Gasteiger partial charge in [0.05, 0.1) is 28.4 Å². The second-order valence-corrected chi connectivity index (χ2v) is 11.7. The number of ether oxygens (including phenoxy) is 4. The first-order valence-electron chi connectivity index (χ1n) is 14.7. The molecule has 2 aliphatic rings. The third kappa shape index (κ3) is 4.04. The van der Waals surface area contributed by atoms with Gasteiger partial charge in [0, 0.05) is 28.0 Å². The van der Waals surface area contributed by atoms with Gasteiger partial charge in [-0.3, -0.25) is 0 Å². The summed E-state index contributed by atoms with van der Waals surface area (Å²) in [6.45, 7) is 4.67. The quantitative estimate of drug-likeness (QED) is 0.248. The molecule has 4 aromatic carbocycles. The molecule has 5 heteroatoms. The maximum Gasteiger partial charge on any atom is 0.130 e.